The molecule has 2 aliphatic heterocycles. The normalized spacial score (nSPS) is 19.4. The first-order chi connectivity index (χ1) is 17.3. The third kappa shape index (κ3) is 6.60. The molecule has 0 saturated carbocycles. The summed E-state index contributed by atoms with van der Waals surface area (Å²) >= 11 is 1.56. The van der Waals surface area contributed by atoms with E-state index in [-0.39, 0.29) is 18.4 Å². The number of nitrogens with one attached hydrogen (secondary N) is 1. The molecule has 2 aromatic carbocycles. The minimum absolute atomic E-state index is 0.0375. The zero-order valence-corrected chi connectivity index (χ0v) is 21.1. The first-order valence-electron chi connectivity index (χ1n) is 12.4. The second-order valence-corrected chi connectivity index (χ2v) is 10.5. The van der Waals surface area contributed by atoms with Crippen LogP contribution in [0, 0.1) is 0 Å². The van der Waals surface area contributed by atoms with Gasteiger partial charge in [-0.25, -0.2) is 0 Å². The number of fused-ring (bicyclic) bond motifs is 2. The summed E-state index contributed by atoms with van der Waals surface area (Å²) in [5.74, 6) is -0.257. The zero-order valence-electron chi connectivity index (χ0n) is 20.3. The number of nitrogens with two attached hydrogens (primary N) is 2. The lowest BCUT2D eigenvalue weighted by Crippen LogP contribution is -2.50. The van der Waals surface area contributed by atoms with Crippen molar-refractivity contribution in [2.24, 2.45) is 11.5 Å². The summed E-state index contributed by atoms with van der Waals surface area (Å²) in [5, 5.41) is 2.82. The number of nitrogens with zero attached hydrogens (tertiary/aromatic N) is 2. The standard InChI is InChI=1S/C26H34F3N5OS/c27-26(28,29)18-7-8-24-21(16-18)19(20-4-1-2-6-23(20)36-24)5-3-10-33-12-14-34(15-13-33)11-9-32-25(35)22(31)17-30/h1-2,4,6-8,16,19,22H,3,5,9-15,17,30-31H2,(H,32,35). The van der Waals surface area contributed by atoms with Crippen molar-refractivity contribution in [3.8, 4) is 0 Å². The quantitative estimate of drug-likeness (QED) is 0.470. The van der Waals surface area contributed by atoms with E-state index in [9.17, 15) is 18.0 Å². The summed E-state index contributed by atoms with van der Waals surface area (Å²) in [4.78, 5) is 18.5. The molecule has 0 aromatic heterocycles. The molecule has 2 aromatic rings. The van der Waals surface area contributed by atoms with Gasteiger partial charge in [0.25, 0.3) is 0 Å². The molecule has 196 valence electrons. The van der Waals surface area contributed by atoms with Gasteiger partial charge < -0.3 is 21.7 Å². The summed E-state index contributed by atoms with van der Waals surface area (Å²) in [6, 6.07) is 11.6. The molecule has 0 spiro atoms. The largest absolute Gasteiger partial charge is 0.416 e. The maximum Gasteiger partial charge on any atom is 0.416 e. The number of halogens is 3. The molecule has 2 heterocycles. The Balaban J connectivity index is 1.30. The molecule has 2 aliphatic rings. The van der Waals surface area contributed by atoms with Crippen molar-refractivity contribution < 1.29 is 18.0 Å². The average molecular weight is 522 g/mol. The molecular formula is C26H34F3N5OS. The van der Waals surface area contributed by atoms with E-state index in [0.29, 0.717) is 6.54 Å². The third-order valence-corrected chi connectivity index (χ3v) is 8.16. The van der Waals surface area contributed by atoms with Crippen LogP contribution in [0.2, 0.25) is 0 Å². The smallest absolute Gasteiger partial charge is 0.353 e. The molecule has 1 fully saturated rings. The summed E-state index contributed by atoms with van der Waals surface area (Å²) in [7, 11) is 0. The molecule has 6 nitrogen and oxygen atoms in total. The number of carbonyl (C=O) groups excluding carboxylic acids is 1. The topological polar surface area (TPSA) is 87.6 Å². The molecule has 1 saturated heterocycles. The number of rotatable bonds is 9. The molecule has 0 bridgehead atoms. The van der Waals surface area contributed by atoms with Crippen LogP contribution in [0.5, 0.6) is 0 Å². The van der Waals surface area contributed by atoms with Crippen molar-refractivity contribution in [1.82, 2.24) is 15.1 Å². The van der Waals surface area contributed by atoms with Crippen LogP contribution in [0.25, 0.3) is 0 Å². The number of hydrogen-bond donors (Lipinski definition) is 3. The average Bonchev–Trinajstić information content (AvgIpc) is 2.87. The Bertz CT molecular complexity index is 1040. The zero-order chi connectivity index (χ0) is 25.7. The Morgan fingerprint density at radius 3 is 2.39 bits per heavy atom. The van der Waals surface area contributed by atoms with Gasteiger partial charge in [0.2, 0.25) is 5.91 Å². The number of carbonyl (C=O) groups is 1. The molecule has 5 N–H and O–H groups in total. The number of hydrogen-bond acceptors (Lipinski definition) is 6. The van der Waals surface area contributed by atoms with E-state index in [1.807, 2.05) is 18.2 Å². The fourth-order valence-corrected chi connectivity index (χ4v) is 6.05. The van der Waals surface area contributed by atoms with Crippen molar-refractivity contribution in [3.63, 3.8) is 0 Å². The first kappa shape index (κ1) is 26.9. The summed E-state index contributed by atoms with van der Waals surface area (Å²) in [5.41, 5.74) is 12.4. The van der Waals surface area contributed by atoms with Crippen LogP contribution < -0.4 is 16.8 Å². The van der Waals surface area contributed by atoms with E-state index < -0.39 is 17.8 Å². The predicted molar refractivity (Wildman–Crippen MR) is 136 cm³/mol. The fraction of sp³-hybridized carbons (Fsp3) is 0.500. The molecule has 2 atom stereocenters. The van der Waals surface area contributed by atoms with Gasteiger partial charge in [0.15, 0.2) is 0 Å². The van der Waals surface area contributed by atoms with E-state index in [4.69, 9.17) is 11.5 Å². The highest BCUT2D eigenvalue weighted by Gasteiger charge is 2.34. The molecule has 10 heteroatoms. The van der Waals surface area contributed by atoms with Crippen molar-refractivity contribution in [2.75, 3.05) is 52.4 Å². The fourth-order valence-electron chi connectivity index (χ4n) is 4.88. The second kappa shape index (κ2) is 12.0. The monoisotopic (exact) mass is 521 g/mol. The number of amides is 1. The Morgan fingerprint density at radius 2 is 1.69 bits per heavy atom. The first-order valence-corrected chi connectivity index (χ1v) is 13.2. The SMILES string of the molecule is NCC(N)C(=O)NCCN1CCN(CCCC2c3ccccc3Sc3ccc(C(F)(F)F)cc32)CC1. The molecule has 2 unspecified atom stereocenters. The van der Waals surface area contributed by atoms with E-state index in [1.54, 1.807) is 17.8 Å². The van der Waals surface area contributed by atoms with Crippen molar-refractivity contribution in [3.05, 3.63) is 59.2 Å². The molecule has 1 amide bonds. The van der Waals surface area contributed by atoms with Crippen LogP contribution in [-0.4, -0.2) is 74.1 Å². The van der Waals surface area contributed by atoms with Crippen molar-refractivity contribution >= 4 is 17.7 Å². The molecule has 4 rings (SSSR count). The molecule has 0 radical (unpaired) electrons. The number of piperazine rings is 1. The van der Waals surface area contributed by atoms with Crippen LogP contribution >= 0.6 is 11.8 Å². The molecular weight excluding hydrogens is 487 g/mol. The van der Waals surface area contributed by atoms with Gasteiger partial charge >= 0.3 is 6.18 Å². The van der Waals surface area contributed by atoms with Crippen LogP contribution in [-0.2, 0) is 11.0 Å². The summed E-state index contributed by atoms with van der Waals surface area (Å²) in [6.45, 7) is 6.06. The minimum Gasteiger partial charge on any atom is -0.353 e. The van der Waals surface area contributed by atoms with Crippen LogP contribution in [0.15, 0.2) is 52.3 Å². The summed E-state index contributed by atoms with van der Waals surface area (Å²) in [6.07, 6.45) is -2.63. The second-order valence-electron chi connectivity index (χ2n) is 9.40. The molecule has 0 aliphatic carbocycles. The van der Waals surface area contributed by atoms with Crippen LogP contribution in [0.3, 0.4) is 0 Å². The van der Waals surface area contributed by atoms with Gasteiger partial charge in [-0.05, 0) is 54.8 Å². The lowest BCUT2D eigenvalue weighted by Gasteiger charge is -2.35. The van der Waals surface area contributed by atoms with E-state index in [2.05, 4.69) is 21.2 Å². The highest BCUT2D eigenvalue weighted by molar-refractivity contribution is 7.99. The Morgan fingerprint density at radius 1 is 1.03 bits per heavy atom. The Kier molecular flexibility index (Phi) is 8.95. The maximum atomic E-state index is 13.4. The van der Waals surface area contributed by atoms with Gasteiger partial charge in [-0.3, -0.25) is 9.69 Å². The lowest BCUT2D eigenvalue weighted by molar-refractivity contribution is -0.137. The lowest BCUT2D eigenvalue weighted by atomic mass is 9.86. The highest BCUT2D eigenvalue weighted by atomic mass is 32.2. The van der Waals surface area contributed by atoms with Gasteiger partial charge in [-0.15, -0.1) is 0 Å². The van der Waals surface area contributed by atoms with Crippen LogP contribution in [0.4, 0.5) is 13.2 Å². The Hall–Kier alpha value is -2.11. The minimum atomic E-state index is -4.35. The number of alkyl halides is 3. The Labute approximate surface area is 214 Å². The van der Waals surface area contributed by atoms with Gasteiger partial charge in [-0.1, -0.05) is 30.0 Å². The predicted octanol–water partition coefficient (Wildman–Crippen LogP) is 3.10. The van der Waals surface area contributed by atoms with Crippen LogP contribution in [0.1, 0.15) is 35.4 Å². The van der Waals surface area contributed by atoms with Gasteiger partial charge in [-0.2, -0.15) is 13.2 Å². The van der Waals surface area contributed by atoms with E-state index in [1.165, 1.54) is 12.1 Å². The summed E-state index contributed by atoms with van der Waals surface area (Å²) < 4.78 is 40.3. The molecule has 36 heavy (non-hydrogen) atoms. The van der Waals surface area contributed by atoms with Gasteiger partial charge in [0, 0.05) is 61.5 Å². The van der Waals surface area contributed by atoms with Gasteiger partial charge in [0.05, 0.1) is 11.6 Å². The maximum absolute atomic E-state index is 13.4. The van der Waals surface area contributed by atoms with Gasteiger partial charge in [0.1, 0.15) is 0 Å². The van der Waals surface area contributed by atoms with Crippen molar-refractivity contribution in [2.45, 2.75) is 40.8 Å². The number of benzene rings is 2. The van der Waals surface area contributed by atoms with E-state index in [0.717, 1.165) is 73.0 Å². The third-order valence-electron chi connectivity index (χ3n) is 6.98. The van der Waals surface area contributed by atoms with Crippen molar-refractivity contribution in [1.29, 1.82) is 0 Å². The van der Waals surface area contributed by atoms with E-state index >= 15 is 0 Å². The highest BCUT2D eigenvalue weighted by Crippen LogP contribution is 2.48.